The van der Waals surface area contributed by atoms with E-state index in [9.17, 15) is 8.42 Å². The molecule has 0 aliphatic carbocycles. The van der Waals surface area contributed by atoms with Crippen LogP contribution < -0.4 is 14.2 Å². The monoisotopic (exact) mass is 393 g/mol. The van der Waals surface area contributed by atoms with Crippen molar-refractivity contribution in [2.45, 2.75) is 25.2 Å². The first-order chi connectivity index (χ1) is 12.9. The highest BCUT2D eigenvalue weighted by atomic mass is 32.2. The summed E-state index contributed by atoms with van der Waals surface area (Å²) in [6, 6.07) is 11.8. The smallest absolute Gasteiger partial charge is 0.261 e. The fourth-order valence-electron chi connectivity index (χ4n) is 2.58. The summed E-state index contributed by atoms with van der Waals surface area (Å²) in [5.41, 5.74) is 1.51. The fraction of sp³-hybridized carbons (Fsp3) is 0.400. The van der Waals surface area contributed by atoms with Gasteiger partial charge in [-0.1, -0.05) is 26.0 Å². The van der Waals surface area contributed by atoms with Crippen LogP contribution in [0.25, 0.3) is 0 Å². The Morgan fingerprint density at radius 1 is 0.963 bits per heavy atom. The maximum Gasteiger partial charge on any atom is 0.261 e. The van der Waals surface area contributed by atoms with E-state index in [1.165, 1.54) is 7.11 Å². The molecule has 2 aromatic rings. The van der Waals surface area contributed by atoms with Crippen LogP contribution in [0.4, 0.5) is 5.69 Å². The third-order valence-electron chi connectivity index (χ3n) is 3.84. The van der Waals surface area contributed by atoms with Gasteiger partial charge in [-0.2, -0.15) is 0 Å². The summed E-state index contributed by atoms with van der Waals surface area (Å²) in [6.45, 7) is 5.01. The predicted molar refractivity (Wildman–Crippen MR) is 106 cm³/mol. The lowest BCUT2D eigenvalue weighted by molar-refractivity contribution is 0.144. The Morgan fingerprint density at radius 3 is 2.26 bits per heavy atom. The minimum absolute atomic E-state index is 0.215. The van der Waals surface area contributed by atoms with E-state index in [2.05, 4.69) is 18.6 Å². The van der Waals surface area contributed by atoms with Crippen LogP contribution >= 0.6 is 0 Å². The molecule has 0 radical (unpaired) electrons. The Balaban J connectivity index is 2.17. The predicted octanol–water partition coefficient (Wildman–Crippen LogP) is 3.72. The van der Waals surface area contributed by atoms with Gasteiger partial charge in [0.25, 0.3) is 10.0 Å². The molecular weight excluding hydrogens is 366 g/mol. The fourth-order valence-corrected chi connectivity index (χ4v) is 3.63. The van der Waals surface area contributed by atoms with Crippen molar-refractivity contribution in [3.05, 3.63) is 48.0 Å². The molecule has 0 amide bonds. The summed E-state index contributed by atoms with van der Waals surface area (Å²) < 4.78 is 43.7. The van der Waals surface area contributed by atoms with Gasteiger partial charge in [0.05, 0.1) is 24.3 Å². The van der Waals surface area contributed by atoms with Crippen molar-refractivity contribution >= 4 is 15.7 Å². The van der Waals surface area contributed by atoms with Crippen LogP contribution in [0.2, 0.25) is 0 Å². The van der Waals surface area contributed by atoms with Crippen LogP contribution in [0.5, 0.6) is 11.5 Å². The first-order valence-electron chi connectivity index (χ1n) is 8.77. The summed E-state index contributed by atoms with van der Waals surface area (Å²) >= 11 is 0. The SMILES string of the molecule is COCCOc1cc(NS(=O)(=O)c2ccc(CC(C)C)cc2)ccc1OC. The van der Waals surface area contributed by atoms with Gasteiger partial charge in [0.1, 0.15) is 6.61 Å². The molecule has 0 aliphatic heterocycles. The zero-order chi connectivity index (χ0) is 19.9. The van der Waals surface area contributed by atoms with Gasteiger partial charge in [0, 0.05) is 13.2 Å². The molecule has 27 heavy (non-hydrogen) atoms. The lowest BCUT2D eigenvalue weighted by Crippen LogP contribution is -2.13. The Hall–Kier alpha value is -2.25. The van der Waals surface area contributed by atoms with Crippen molar-refractivity contribution < 1.29 is 22.6 Å². The van der Waals surface area contributed by atoms with Crippen molar-refractivity contribution in [2.75, 3.05) is 32.2 Å². The third kappa shape index (κ3) is 6.15. The van der Waals surface area contributed by atoms with Crippen LogP contribution in [0.1, 0.15) is 19.4 Å². The standard InChI is InChI=1S/C20H27NO5S/c1-15(2)13-16-5-8-18(9-6-16)27(22,23)21-17-7-10-19(25-4)20(14-17)26-12-11-24-3/h5-10,14-15,21H,11-13H2,1-4H3. The van der Waals surface area contributed by atoms with E-state index in [0.29, 0.717) is 36.3 Å². The summed E-state index contributed by atoms with van der Waals surface area (Å²) in [5, 5.41) is 0. The van der Waals surface area contributed by atoms with Crippen LogP contribution in [0.15, 0.2) is 47.4 Å². The van der Waals surface area contributed by atoms with E-state index in [-0.39, 0.29) is 4.90 Å². The molecule has 0 bridgehead atoms. The average Bonchev–Trinajstić information content (AvgIpc) is 2.62. The molecule has 0 atom stereocenters. The molecule has 2 aromatic carbocycles. The number of hydrogen-bond acceptors (Lipinski definition) is 5. The Morgan fingerprint density at radius 2 is 1.67 bits per heavy atom. The van der Waals surface area contributed by atoms with Crippen molar-refractivity contribution in [3.63, 3.8) is 0 Å². The van der Waals surface area contributed by atoms with Crippen LogP contribution in [-0.2, 0) is 21.2 Å². The number of anilines is 1. The van der Waals surface area contributed by atoms with Gasteiger partial charge in [-0.3, -0.25) is 4.72 Å². The second-order valence-corrected chi connectivity index (χ2v) is 8.24. The zero-order valence-electron chi connectivity index (χ0n) is 16.2. The minimum atomic E-state index is -3.69. The lowest BCUT2D eigenvalue weighted by atomic mass is 10.0. The minimum Gasteiger partial charge on any atom is -0.493 e. The Kier molecular flexibility index (Phi) is 7.50. The molecule has 0 aromatic heterocycles. The van der Waals surface area contributed by atoms with Gasteiger partial charge in [0.2, 0.25) is 0 Å². The molecule has 0 unspecified atom stereocenters. The highest BCUT2D eigenvalue weighted by molar-refractivity contribution is 7.92. The number of sulfonamides is 1. The average molecular weight is 394 g/mol. The molecule has 0 heterocycles. The van der Waals surface area contributed by atoms with Crippen LogP contribution in [0.3, 0.4) is 0 Å². The van der Waals surface area contributed by atoms with E-state index in [4.69, 9.17) is 14.2 Å². The summed E-state index contributed by atoms with van der Waals surface area (Å²) in [5.74, 6) is 1.48. The molecule has 0 aliphatic rings. The molecule has 7 heteroatoms. The molecular formula is C20H27NO5S. The van der Waals surface area contributed by atoms with Gasteiger partial charge >= 0.3 is 0 Å². The van der Waals surface area contributed by atoms with Crippen molar-refractivity contribution in [1.82, 2.24) is 0 Å². The summed E-state index contributed by atoms with van der Waals surface area (Å²) in [7, 11) is -0.581. The van der Waals surface area contributed by atoms with Crippen molar-refractivity contribution in [3.8, 4) is 11.5 Å². The van der Waals surface area contributed by atoms with Crippen molar-refractivity contribution in [2.24, 2.45) is 5.92 Å². The highest BCUT2D eigenvalue weighted by Crippen LogP contribution is 2.31. The molecule has 6 nitrogen and oxygen atoms in total. The first kappa shape index (κ1) is 21.1. The Labute approximate surface area is 161 Å². The second-order valence-electron chi connectivity index (χ2n) is 6.55. The molecule has 1 N–H and O–H groups in total. The maximum absolute atomic E-state index is 12.7. The molecule has 0 spiro atoms. The van der Waals surface area contributed by atoms with E-state index in [0.717, 1.165) is 12.0 Å². The summed E-state index contributed by atoms with van der Waals surface area (Å²) in [4.78, 5) is 0.215. The number of rotatable bonds is 10. The topological polar surface area (TPSA) is 73.9 Å². The largest absolute Gasteiger partial charge is 0.493 e. The molecule has 148 valence electrons. The zero-order valence-corrected chi connectivity index (χ0v) is 17.0. The first-order valence-corrected chi connectivity index (χ1v) is 10.3. The molecule has 2 rings (SSSR count). The molecule has 0 saturated carbocycles. The highest BCUT2D eigenvalue weighted by Gasteiger charge is 2.16. The van der Waals surface area contributed by atoms with Gasteiger partial charge in [0.15, 0.2) is 11.5 Å². The Bertz CT molecular complexity index is 832. The number of ether oxygens (including phenoxy) is 3. The molecule has 0 fully saturated rings. The van der Waals surface area contributed by atoms with E-state index in [1.54, 1.807) is 37.4 Å². The number of benzene rings is 2. The number of methoxy groups -OCH3 is 2. The summed E-state index contributed by atoms with van der Waals surface area (Å²) in [6.07, 6.45) is 0.911. The second kappa shape index (κ2) is 9.62. The third-order valence-corrected chi connectivity index (χ3v) is 5.24. The van der Waals surface area contributed by atoms with E-state index in [1.807, 2.05) is 12.1 Å². The van der Waals surface area contributed by atoms with Gasteiger partial charge in [-0.15, -0.1) is 0 Å². The molecule has 0 saturated heterocycles. The van der Waals surface area contributed by atoms with Gasteiger partial charge in [-0.05, 0) is 42.2 Å². The van der Waals surface area contributed by atoms with E-state index >= 15 is 0 Å². The van der Waals surface area contributed by atoms with Crippen LogP contribution in [-0.4, -0.2) is 35.9 Å². The maximum atomic E-state index is 12.7. The van der Waals surface area contributed by atoms with Crippen molar-refractivity contribution in [1.29, 1.82) is 0 Å². The lowest BCUT2D eigenvalue weighted by Gasteiger charge is -2.14. The normalized spacial score (nSPS) is 11.4. The van der Waals surface area contributed by atoms with E-state index < -0.39 is 10.0 Å². The van der Waals surface area contributed by atoms with Gasteiger partial charge < -0.3 is 14.2 Å². The van der Waals surface area contributed by atoms with Crippen LogP contribution in [0, 0.1) is 5.92 Å². The van der Waals surface area contributed by atoms with Gasteiger partial charge in [-0.25, -0.2) is 8.42 Å². The number of nitrogens with one attached hydrogen (secondary N) is 1. The quantitative estimate of drug-likeness (QED) is 0.623. The number of hydrogen-bond donors (Lipinski definition) is 1.